The van der Waals surface area contributed by atoms with Crippen molar-refractivity contribution in [3.05, 3.63) is 59.0 Å². The van der Waals surface area contributed by atoms with Gasteiger partial charge in [-0.2, -0.15) is 0 Å². The first-order valence-electron chi connectivity index (χ1n) is 6.48. The van der Waals surface area contributed by atoms with Gasteiger partial charge in [-0.25, -0.2) is 0 Å². The van der Waals surface area contributed by atoms with Gasteiger partial charge in [0, 0.05) is 24.5 Å². The molecule has 0 aliphatic rings. The van der Waals surface area contributed by atoms with Crippen LogP contribution in [0.2, 0.25) is 5.02 Å². The Balaban J connectivity index is 1.67. The van der Waals surface area contributed by atoms with Crippen LogP contribution in [-0.2, 0) is 11.3 Å². The zero-order valence-corrected chi connectivity index (χ0v) is 12.0. The van der Waals surface area contributed by atoms with E-state index in [1.807, 2.05) is 12.1 Å². The third-order valence-electron chi connectivity index (χ3n) is 2.76. The first kappa shape index (κ1) is 15.1. The Hall–Kier alpha value is -2.27. The van der Waals surface area contributed by atoms with E-state index in [9.17, 15) is 9.59 Å². The average Bonchev–Trinajstić information content (AvgIpc) is 2.99. The summed E-state index contributed by atoms with van der Waals surface area (Å²) in [4.78, 5) is 23.2. The number of rotatable bonds is 6. The summed E-state index contributed by atoms with van der Waals surface area (Å²) >= 11 is 5.86. The van der Waals surface area contributed by atoms with Crippen LogP contribution in [0.4, 0.5) is 0 Å². The lowest BCUT2D eigenvalue weighted by molar-refractivity contribution is -0.121. The van der Waals surface area contributed by atoms with Gasteiger partial charge in [0.25, 0.3) is 5.91 Å². The molecule has 0 saturated heterocycles. The minimum absolute atomic E-state index is 0.144. The maximum atomic E-state index is 11.7. The molecule has 0 fully saturated rings. The van der Waals surface area contributed by atoms with Crippen molar-refractivity contribution in [1.29, 1.82) is 0 Å². The Labute approximate surface area is 127 Å². The SMILES string of the molecule is O=C(CCNC(=O)c1ccco1)NCc1cccc(Cl)c1. The fourth-order valence-corrected chi connectivity index (χ4v) is 1.93. The van der Waals surface area contributed by atoms with Gasteiger partial charge in [0.15, 0.2) is 5.76 Å². The third kappa shape index (κ3) is 4.96. The molecule has 21 heavy (non-hydrogen) atoms. The van der Waals surface area contributed by atoms with Crippen molar-refractivity contribution in [2.45, 2.75) is 13.0 Å². The number of carbonyl (C=O) groups excluding carboxylic acids is 2. The lowest BCUT2D eigenvalue weighted by Gasteiger charge is -2.06. The zero-order valence-electron chi connectivity index (χ0n) is 11.3. The topological polar surface area (TPSA) is 71.3 Å². The van der Waals surface area contributed by atoms with Gasteiger partial charge in [0.1, 0.15) is 0 Å². The maximum Gasteiger partial charge on any atom is 0.286 e. The van der Waals surface area contributed by atoms with E-state index in [0.717, 1.165) is 5.56 Å². The molecule has 0 unspecified atom stereocenters. The molecule has 5 nitrogen and oxygen atoms in total. The molecule has 0 atom stereocenters. The highest BCUT2D eigenvalue weighted by Crippen LogP contribution is 2.10. The van der Waals surface area contributed by atoms with E-state index in [2.05, 4.69) is 10.6 Å². The first-order valence-corrected chi connectivity index (χ1v) is 6.86. The van der Waals surface area contributed by atoms with E-state index in [4.69, 9.17) is 16.0 Å². The molecule has 0 bridgehead atoms. The van der Waals surface area contributed by atoms with Crippen molar-refractivity contribution >= 4 is 23.4 Å². The fourth-order valence-electron chi connectivity index (χ4n) is 1.72. The van der Waals surface area contributed by atoms with Crippen LogP contribution in [0.25, 0.3) is 0 Å². The van der Waals surface area contributed by atoms with Crippen molar-refractivity contribution in [1.82, 2.24) is 10.6 Å². The Morgan fingerprint density at radius 1 is 1.14 bits per heavy atom. The lowest BCUT2D eigenvalue weighted by atomic mass is 10.2. The normalized spacial score (nSPS) is 10.1. The number of nitrogens with one attached hydrogen (secondary N) is 2. The molecule has 2 N–H and O–H groups in total. The minimum atomic E-state index is -0.331. The van der Waals surface area contributed by atoms with Crippen LogP contribution >= 0.6 is 11.6 Å². The number of hydrogen-bond donors (Lipinski definition) is 2. The third-order valence-corrected chi connectivity index (χ3v) is 3.00. The monoisotopic (exact) mass is 306 g/mol. The summed E-state index contributed by atoms with van der Waals surface area (Å²) in [7, 11) is 0. The summed E-state index contributed by atoms with van der Waals surface area (Å²) in [6.07, 6.45) is 1.62. The molecule has 6 heteroatoms. The molecule has 2 aromatic rings. The molecule has 0 aliphatic heterocycles. The second-order valence-corrected chi connectivity index (χ2v) is 4.83. The van der Waals surface area contributed by atoms with Crippen LogP contribution in [0.15, 0.2) is 47.1 Å². The number of amides is 2. The van der Waals surface area contributed by atoms with Crippen LogP contribution < -0.4 is 10.6 Å². The summed E-state index contributed by atoms with van der Waals surface area (Å²) in [5.74, 6) is -0.244. The van der Waals surface area contributed by atoms with Crippen LogP contribution in [0.1, 0.15) is 22.5 Å². The van der Waals surface area contributed by atoms with E-state index >= 15 is 0 Å². The minimum Gasteiger partial charge on any atom is -0.459 e. The van der Waals surface area contributed by atoms with Gasteiger partial charge in [0.05, 0.1) is 6.26 Å². The zero-order chi connectivity index (χ0) is 15.1. The predicted octanol–water partition coefficient (Wildman–Crippen LogP) is 2.37. The van der Waals surface area contributed by atoms with Gasteiger partial charge >= 0.3 is 0 Å². The molecule has 110 valence electrons. The van der Waals surface area contributed by atoms with Gasteiger partial charge in [-0.3, -0.25) is 9.59 Å². The quantitative estimate of drug-likeness (QED) is 0.860. The molecule has 2 amide bonds. The Morgan fingerprint density at radius 2 is 2.00 bits per heavy atom. The molecule has 1 heterocycles. The van der Waals surface area contributed by atoms with Crippen molar-refractivity contribution in [3.8, 4) is 0 Å². The van der Waals surface area contributed by atoms with Crippen molar-refractivity contribution in [2.24, 2.45) is 0 Å². The van der Waals surface area contributed by atoms with Gasteiger partial charge in [-0.05, 0) is 29.8 Å². The second-order valence-electron chi connectivity index (χ2n) is 4.39. The van der Waals surface area contributed by atoms with E-state index in [1.165, 1.54) is 6.26 Å². The summed E-state index contributed by atoms with van der Waals surface area (Å²) in [5.41, 5.74) is 0.926. The first-order chi connectivity index (χ1) is 10.1. The standard InChI is InChI=1S/C15H15ClN2O3/c16-12-4-1-3-11(9-12)10-18-14(19)6-7-17-15(20)13-5-2-8-21-13/h1-5,8-9H,6-7,10H2,(H,17,20)(H,18,19). The molecular formula is C15H15ClN2O3. The molecule has 0 aliphatic carbocycles. The van der Waals surface area contributed by atoms with Gasteiger partial charge in [-0.15, -0.1) is 0 Å². The molecule has 0 radical (unpaired) electrons. The fraction of sp³-hybridized carbons (Fsp3) is 0.200. The Morgan fingerprint density at radius 3 is 2.71 bits per heavy atom. The summed E-state index contributed by atoms with van der Waals surface area (Å²) in [6.45, 7) is 0.659. The number of benzene rings is 1. The Kier molecular flexibility index (Phi) is 5.40. The van der Waals surface area contributed by atoms with E-state index < -0.39 is 0 Å². The number of carbonyl (C=O) groups is 2. The molecule has 1 aromatic heterocycles. The highest BCUT2D eigenvalue weighted by molar-refractivity contribution is 6.30. The van der Waals surface area contributed by atoms with E-state index in [-0.39, 0.29) is 30.5 Å². The average molecular weight is 307 g/mol. The second kappa shape index (κ2) is 7.50. The van der Waals surface area contributed by atoms with Gasteiger partial charge < -0.3 is 15.1 Å². The smallest absolute Gasteiger partial charge is 0.286 e. The maximum absolute atomic E-state index is 11.7. The van der Waals surface area contributed by atoms with Crippen molar-refractivity contribution in [3.63, 3.8) is 0 Å². The predicted molar refractivity (Wildman–Crippen MR) is 79.0 cm³/mol. The molecular weight excluding hydrogens is 292 g/mol. The number of hydrogen-bond acceptors (Lipinski definition) is 3. The molecule has 0 spiro atoms. The molecule has 2 rings (SSSR count). The summed E-state index contributed by atoms with van der Waals surface area (Å²) in [5, 5.41) is 6.00. The van der Waals surface area contributed by atoms with E-state index in [1.54, 1.807) is 24.3 Å². The number of halogens is 1. The van der Waals surface area contributed by atoms with Crippen LogP contribution in [-0.4, -0.2) is 18.4 Å². The largest absolute Gasteiger partial charge is 0.459 e. The van der Waals surface area contributed by atoms with Gasteiger partial charge in [-0.1, -0.05) is 23.7 Å². The van der Waals surface area contributed by atoms with Crippen LogP contribution in [0.5, 0.6) is 0 Å². The molecule has 0 saturated carbocycles. The van der Waals surface area contributed by atoms with E-state index in [0.29, 0.717) is 11.6 Å². The van der Waals surface area contributed by atoms with Crippen LogP contribution in [0.3, 0.4) is 0 Å². The lowest BCUT2D eigenvalue weighted by Crippen LogP contribution is -2.30. The van der Waals surface area contributed by atoms with Crippen molar-refractivity contribution in [2.75, 3.05) is 6.54 Å². The summed E-state index contributed by atoms with van der Waals surface area (Å²) < 4.78 is 4.94. The van der Waals surface area contributed by atoms with Crippen LogP contribution in [0, 0.1) is 0 Å². The summed E-state index contributed by atoms with van der Waals surface area (Å²) in [6, 6.07) is 10.5. The highest BCUT2D eigenvalue weighted by atomic mass is 35.5. The Bertz CT molecular complexity index is 611. The molecule has 1 aromatic carbocycles. The van der Waals surface area contributed by atoms with Crippen molar-refractivity contribution < 1.29 is 14.0 Å². The van der Waals surface area contributed by atoms with Gasteiger partial charge in [0.2, 0.25) is 5.91 Å². The highest BCUT2D eigenvalue weighted by Gasteiger charge is 2.08. The number of furan rings is 1.